The molecular weight excluding hydrogens is 318 g/mol. The molecule has 0 atom stereocenters. The second-order valence-electron chi connectivity index (χ2n) is 4.24. The maximum Gasteiger partial charge on any atom is 0.141 e. The zero-order valence-corrected chi connectivity index (χ0v) is 12.4. The molecule has 0 radical (unpaired) electrons. The van der Waals surface area contributed by atoms with Crippen LogP contribution in [0.4, 0.5) is 11.5 Å². The maximum atomic E-state index is 5.15. The van der Waals surface area contributed by atoms with E-state index < -0.39 is 0 Å². The standard InChI is InChI=1S/C15H12BrN3O/c1-20-12-5-3-11(4-6-12)19-15-13-8-10(16)2-7-14(13)17-9-18-15/h2-9H,1H3,(H,17,18,19). The second kappa shape index (κ2) is 5.46. The van der Waals surface area contributed by atoms with Gasteiger partial charge in [-0.25, -0.2) is 9.97 Å². The van der Waals surface area contributed by atoms with Crippen molar-refractivity contribution in [3.8, 4) is 5.75 Å². The molecular formula is C15H12BrN3O. The molecule has 100 valence electrons. The van der Waals surface area contributed by atoms with E-state index in [1.54, 1.807) is 13.4 Å². The highest BCUT2D eigenvalue weighted by molar-refractivity contribution is 9.10. The van der Waals surface area contributed by atoms with Gasteiger partial charge in [0.1, 0.15) is 17.9 Å². The van der Waals surface area contributed by atoms with Crippen LogP contribution in [0.2, 0.25) is 0 Å². The number of fused-ring (bicyclic) bond motifs is 1. The number of anilines is 2. The minimum atomic E-state index is 0.779. The maximum absolute atomic E-state index is 5.15. The molecule has 1 heterocycles. The molecule has 0 saturated carbocycles. The van der Waals surface area contributed by atoms with Gasteiger partial charge in [0.2, 0.25) is 0 Å². The molecule has 0 aliphatic rings. The summed E-state index contributed by atoms with van der Waals surface area (Å²) in [7, 11) is 1.65. The monoisotopic (exact) mass is 329 g/mol. The van der Waals surface area contributed by atoms with Crippen molar-refractivity contribution < 1.29 is 4.74 Å². The molecule has 20 heavy (non-hydrogen) atoms. The van der Waals surface area contributed by atoms with Gasteiger partial charge in [0, 0.05) is 15.5 Å². The molecule has 0 saturated heterocycles. The van der Waals surface area contributed by atoms with Crippen LogP contribution in [-0.2, 0) is 0 Å². The molecule has 5 heteroatoms. The van der Waals surface area contributed by atoms with Crippen LogP contribution in [0.5, 0.6) is 5.75 Å². The fourth-order valence-corrected chi connectivity index (χ4v) is 2.30. The number of ether oxygens (including phenoxy) is 1. The fraction of sp³-hybridized carbons (Fsp3) is 0.0667. The quantitative estimate of drug-likeness (QED) is 0.784. The molecule has 0 aliphatic heterocycles. The Bertz CT molecular complexity index is 744. The molecule has 1 N–H and O–H groups in total. The lowest BCUT2D eigenvalue weighted by atomic mass is 10.2. The van der Waals surface area contributed by atoms with Gasteiger partial charge in [0.25, 0.3) is 0 Å². The molecule has 4 nitrogen and oxygen atoms in total. The number of nitrogens with zero attached hydrogens (tertiary/aromatic N) is 2. The number of halogens is 1. The molecule has 3 rings (SSSR count). The molecule has 0 amide bonds. The van der Waals surface area contributed by atoms with E-state index in [0.29, 0.717) is 0 Å². The average molecular weight is 330 g/mol. The zero-order chi connectivity index (χ0) is 13.9. The molecule has 0 unspecified atom stereocenters. The lowest BCUT2D eigenvalue weighted by Crippen LogP contribution is -1.96. The number of rotatable bonds is 3. The largest absolute Gasteiger partial charge is 0.497 e. The summed E-state index contributed by atoms with van der Waals surface area (Å²) in [5.41, 5.74) is 1.85. The first-order valence-electron chi connectivity index (χ1n) is 6.07. The molecule has 0 aliphatic carbocycles. The van der Waals surface area contributed by atoms with Gasteiger partial charge in [0.15, 0.2) is 0 Å². The topological polar surface area (TPSA) is 47.0 Å². The normalized spacial score (nSPS) is 10.5. The smallest absolute Gasteiger partial charge is 0.141 e. The van der Waals surface area contributed by atoms with E-state index in [9.17, 15) is 0 Å². The van der Waals surface area contributed by atoms with E-state index in [4.69, 9.17) is 4.74 Å². The molecule has 0 bridgehead atoms. The minimum Gasteiger partial charge on any atom is -0.497 e. The van der Waals surface area contributed by atoms with Gasteiger partial charge in [-0.05, 0) is 42.5 Å². The number of nitrogens with one attached hydrogen (secondary N) is 1. The van der Waals surface area contributed by atoms with E-state index in [2.05, 4.69) is 31.2 Å². The summed E-state index contributed by atoms with van der Waals surface area (Å²) >= 11 is 3.47. The van der Waals surface area contributed by atoms with Crippen molar-refractivity contribution in [2.45, 2.75) is 0 Å². The van der Waals surface area contributed by atoms with E-state index >= 15 is 0 Å². The Kier molecular flexibility index (Phi) is 3.52. The highest BCUT2D eigenvalue weighted by Gasteiger charge is 2.04. The van der Waals surface area contributed by atoms with Crippen molar-refractivity contribution in [3.63, 3.8) is 0 Å². The zero-order valence-electron chi connectivity index (χ0n) is 10.8. The third-order valence-electron chi connectivity index (χ3n) is 2.95. The van der Waals surface area contributed by atoms with Crippen LogP contribution in [0.25, 0.3) is 10.9 Å². The van der Waals surface area contributed by atoms with Crippen LogP contribution in [0.1, 0.15) is 0 Å². The van der Waals surface area contributed by atoms with Crippen molar-refractivity contribution in [3.05, 3.63) is 53.3 Å². The highest BCUT2D eigenvalue weighted by atomic mass is 79.9. The highest BCUT2D eigenvalue weighted by Crippen LogP contribution is 2.26. The number of methoxy groups -OCH3 is 1. The van der Waals surface area contributed by atoms with Gasteiger partial charge in [0.05, 0.1) is 12.6 Å². The molecule has 3 aromatic rings. The minimum absolute atomic E-state index is 0.779. The van der Waals surface area contributed by atoms with Crippen molar-refractivity contribution >= 4 is 38.3 Å². The lowest BCUT2D eigenvalue weighted by Gasteiger charge is -2.09. The summed E-state index contributed by atoms with van der Waals surface area (Å²) in [6.45, 7) is 0. The summed E-state index contributed by atoms with van der Waals surface area (Å²) in [6.07, 6.45) is 1.56. The molecule has 1 aromatic heterocycles. The average Bonchev–Trinajstić information content (AvgIpc) is 2.49. The Morgan fingerprint density at radius 3 is 2.60 bits per heavy atom. The van der Waals surface area contributed by atoms with Crippen LogP contribution >= 0.6 is 15.9 Å². The fourth-order valence-electron chi connectivity index (χ4n) is 1.94. The number of benzene rings is 2. The summed E-state index contributed by atoms with van der Waals surface area (Å²) in [5.74, 6) is 1.60. The Labute approximate surface area is 125 Å². The van der Waals surface area contributed by atoms with Crippen LogP contribution < -0.4 is 10.1 Å². The van der Waals surface area contributed by atoms with E-state index in [1.807, 2.05) is 42.5 Å². The van der Waals surface area contributed by atoms with Crippen LogP contribution in [0.15, 0.2) is 53.3 Å². The Morgan fingerprint density at radius 2 is 1.85 bits per heavy atom. The molecule has 0 spiro atoms. The van der Waals surface area contributed by atoms with Crippen molar-refractivity contribution in [1.29, 1.82) is 0 Å². The Hall–Kier alpha value is -2.14. The van der Waals surface area contributed by atoms with Gasteiger partial charge < -0.3 is 10.1 Å². The van der Waals surface area contributed by atoms with E-state index in [1.165, 1.54) is 0 Å². The third kappa shape index (κ3) is 2.58. The van der Waals surface area contributed by atoms with Gasteiger partial charge in [-0.2, -0.15) is 0 Å². The SMILES string of the molecule is COc1ccc(Nc2ncnc3ccc(Br)cc23)cc1. The van der Waals surface area contributed by atoms with Gasteiger partial charge >= 0.3 is 0 Å². The van der Waals surface area contributed by atoms with Gasteiger partial charge in [-0.3, -0.25) is 0 Å². The Balaban J connectivity index is 1.99. The van der Waals surface area contributed by atoms with Crippen molar-refractivity contribution in [2.75, 3.05) is 12.4 Å². The van der Waals surface area contributed by atoms with Crippen molar-refractivity contribution in [2.24, 2.45) is 0 Å². The summed E-state index contributed by atoms with van der Waals surface area (Å²) in [6, 6.07) is 13.6. The first kappa shape index (κ1) is 12.9. The van der Waals surface area contributed by atoms with Crippen molar-refractivity contribution in [1.82, 2.24) is 9.97 Å². The summed E-state index contributed by atoms with van der Waals surface area (Å²) < 4.78 is 6.14. The van der Waals surface area contributed by atoms with Crippen LogP contribution in [-0.4, -0.2) is 17.1 Å². The number of hydrogen-bond acceptors (Lipinski definition) is 4. The van der Waals surface area contributed by atoms with Crippen LogP contribution in [0.3, 0.4) is 0 Å². The summed E-state index contributed by atoms with van der Waals surface area (Å²) in [5, 5.41) is 4.27. The predicted octanol–water partition coefficient (Wildman–Crippen LogP) is 4.14. The van der Waals surface area contributed by atoms with Gasteiger partial charge in [-0.15, -0.1) is 0 Å². The van der Waals surface area contributed by atoms with Gasteiger partial charge in [-0.1, -0.05) is 15.9 Å². The predicted molar refractivity (Wildman–Crippen MR) is 83.5 cm³/mol. The second-order valence-corrected chi connectivity index (χ2v) is 5.15. The third-order valence-corrected chi connectivity index (χ3v) is 3.44. The molecule has 2 aromatic carbocycles. The number of hydrogen-bond donors (Lipinski definition) is 1. The molecule has 0 fully saturated rings. The Morgan fingerprint density at radius 1 is 1.05 bits per heavy atom. The van der Waals surface area contributed by atoms with E-state index in [-0.39, 0.29) is 0 Å². The first-order chi connectivity index (χ1) is 9.76. The number of aromatic nitrogens is 2. The van der Waals surface area contributed by atoms with Crippen LogP contribution in [0, 0.1) is 0 Å². The summed E-state index contributed by atoms with van der Waals surface area (Å²) in [4.78, 5) is 8.57. The first-order valence-corrected chi connectivity index (χ1v) is 6.87. The lowest BCUT2D eigenvalue weighted by molar-refractivity contribution is 0.415. The van der Waals surface area contributed by atoms with E-state index in [0.717, 1.165) is 32.6 Å².